The van der Waals surface area contributed by atoms with Crippen LogP contribution >= 0.6 is 0 Å². The van der Waals surface area contributed by atoms with Crippen molar-refractivity contribution in [3.63, 3.8) is 0 Å². The number of amides is 1. The average Bonchev–Trinajstić information content (AvgIpc) is 2.56. The van der Waals surface area contributed by atoms with Crippen molar-refractivity contribution in [1.82, 2.24) is 14.8 Å². The van der Waals surface area contributed by atoms with Gasteiger partial charge in [0.2, 0.25) is 0 Å². The number of halogens is 4. The van der Waals surface area contributed by atoms with Crippen molar-refractivity contribution in [2.45, 2.75) is 31.5 Å². The van der Waals surface area contributed by atoms with Gasteiger partial charge in [-0.25, -0.2) is 9.37 Å². The van der Waals surface area contributed by atoms with Gasteiger partial charge in [0.25, 0.3) is 5.91 Å². The van der Waals surface area contributed by atoms with Crippen LogP contribution in [0, 0.1) is 23.1 Å². The van der Waals surface area contributed by atoms with Gasteiger partial charge in [0.05, 0.1) is 11.6 Å². The molecule has 140 valence electrons. The Morgan fingerprint density at radius 1 is 1.31 bits per heavy atom. The number of pyridine rings is 1. The molecule has 2 aliphatic rings. The summed E-state index contributed by atoms with van der Waals surface area (Å²) in [6.07, 6.45) is -2.23. The Labute approximate surface area is 148 Å². The van der Waals surface area contributed by atoms with Crippen LogP contribution in [0.2, 0.25) is 0 Å². The molecule has 0 aliphatic carbocycles. The van der Waals surface area contributed by atoms with E-state index in [1.807, 2.05) is 0 Å². The first-order valence-corrected chi connectivity index (χ1v) is 8.43. The summed E-state index contributed by atoms with van der Waals surface area (Å²) in [6, 6.07) is 3.43. The number of carbonyl (C=O) groups excluding carboxylic acids is 1. The number of likely N-dealkylation sites (tertiary alicyclic amines) is 2. The van der Waals surface area contributed by atoms with Crippen LogP contribution in [-0.4, -0.2) is 52.9 Å². The first-order valence-electron chi connectivity index (χ1n) is 8.43. The lowest BCUT2D eigenvalue weighted by Crippen LogP contribution is -2.55. The van der Waals surface area contributed by atoms with Crippen molar-refractivity contribution in [3.8, 4) is 6.07 Å². The zero-order valence-electron chi connectivity index (χ0n) is 14.0. The second-order valence-electron chi connectivity index (χ2n) is 6.72. The van der Waals surface area contributed by atoms with Crippen molar-refractivity contribution in [2.75, 3.05) is 26.2 Å². The van der Waals surface area contributed by atoms with E-state index in [2.05, 4.69) is 16.0 Å². The molecule has 0 spiro atoms. The summed E-state index contributed by atoms with van der Waals surface area (Å²) in [5.74, 6) is -1.96. The van der Waals surface area contributed by atoms with E-state index in [4.69, 9.17) is 5.26 Å². The molecule has 2 fully saturated rings. The van der Waals surface area contributed by atoms with E-state index in [0.717, 1.165) is 25.4 Å². The number of piperidine rings is 1. The third-order valence-electron chi connectivity index (χ3n) is 5.02. The van der Waals surface area contributed by atoms with Gasteiger partial charge in [-0.2, -0.15) is 18.4 Å². The summed E-state index contributed by atoms with van der Waals surface area (Å²) < 4.78 is 52.4. The van der Waals surface area contributed by atoms with E-state index in [1.54, 1.807) is 0 Å². The molecule has 0 saturated carbocycles. The number of carbonyl (C=O) groups is 1. The standard InChI is InChI=1S/C17H18F4N4O/c18-14-13(2-6-23-15(14)17(19,20)21)16(26)24-7-3-12(4-8-24)25-9-11(10-25)1-5-22/h2,6,11-12H,1,3-4,7-10H2. The lowest BCUT2D eigenvalue weighted by atomic mass is 9.91. The summed E-state index contributed by atoms with van der Waals surface area (Å²) in [5.41, 5.74) is -2.26. The minimum Gasteiger partial charge on any atom is -0.338 e. The quantitative estimate of drug-likeness (QED) is 0.768. The van der Waals surface area contributed by atoms with Gasteiger partial charge in [-0.15, -0.1) is 0 Å². The third-order valence-corrected chi connectivity index (χ3v) is 5.02. The lowest BCUT2D eigenvalue weighted by Gasteiger charge is -2.46. The normalized spacial score (nSPS) is 19.9. The monoisotopic (exact) mass is 370 g/mol. The highest BCUT2D eigenvalue weighted by Gasteiger charge is 2.39. The van der Waals surface area contributed by atoms with Crippen LogP contribution in [0.5, 0.6) is 0 Å². The number of alkyl halides is 3. The lowest BCUT2D eigenvalue weighted by molar-refractivity contribution is -0.143. The molecular formula is C17H18F4N4O. The number of aromatic nitrogens is 1. The molecule has 1 amide bonds. The Bertz CT molecular complexity index is 716. The van der Waals surface area contributed by atoms with Crippen LogP contribution < -0.4 is 0 Å². The van der Waals surface area contributed by atoms with Crippen molar-refractivity contribution < 1.29 is 22.4 Å². The summed E-state index contributed by atoms with van der Waals surface area (Å²) in [6.45, 7) is 2.46. The van der Waals surface area contributed by atoms with Crippen LogP contribution in [0.1, 0.15) is 35.3 Å². The van der Waals surface area contributed by atoms with Crippen LogP contribution in [0.15, 0.2) is 12.3 Å². The molecule has 0 atom stereocenters. The Morgan fingerprint density at radius 2 is 1.96 bits per heavy atom. The van der Waals surface area contributed by atoms with Gasteiger partial charge < -0.3 is 4.90 Å². The van der Waals surface area contributed by atoms with Gasteiger partial charge in [0, 0.05) is 44.8 Å². The van der Waals surface area contributed by atoms with E-state index < -0.39 is 29.2 Å². The molecule has 0 radical (unpaired) electrons. The summed E-state index contributed by atoms with van der Waals surface area (Å²) in [7, 11) is 0. The van der Waals surface area contributed by atoms with Gasteiger partial charge >= 0.3 is 6.18 Å². The third kappa shape index (κ3) is 3.65. The van der Waals surface area contributed by atoms with Crippen molar-refractivity contribution in [2.24, 2.45) is 5.92 Å². The van der Waals surface area contributed by atoms with Gasteiger partial charge in [0.1, 0.15) is 0 Å². The molecule has 0 aromatic carbocycles. The Kier molecular flexibility index (Phi) is 5.14. The number of rotatable bonds is 3. The minimum absolute atomic E-state index is 0.294. The van der Waals surface area contributed by atoms with Gasteiger partial charge in [-0.1, -0.05) is 0 Å². The van der Waals surface area contributed by atoms with Crippen LogP contribution in [-0.2, 0) is 6.18 Å². The molecule has 0 unspecified atom stereocenters. The fourth-order valence-electron chi connectivity index (χ4n) is 3.58. The molecule has 2 aliphatic heterocycles. The average molecular weight is 370 g/mol. The van der Waals surface area contributed by atoms with E-state index in [-0.39, 0.29) is 0 Å². The maximum Gasteiger partial charge on any atom is 0.436 e. The topological polar surface area (TPSA) is 60.2 Å². The maximum absolute atomic E-state index is 14.1. The van der Waals surface area contributed by atoms with E-state index in [1.165, 1.54) is 4.90 Å². The van der Waals surface area contributed by atoms with Crippen molar-refractivity contribution >= 4 is 5.91 Å². The van der Waals surface area contributed by atoms with Crippen molar-refractivity contribution in [1.29, 1.82) is 5.26 Å². The molecule has 1 aromatic heterocycles. The number of nitrogens with zero attached hydrogens (tertiary/aromatic N) is 4. The SMILES string of the molecule is N#CCC1CN(C2CCN(C(=O)c3ccnc(C(F)(F)F)c3F)CC2)C1. The van der Waals surface area contributed by atoms with E-state index in [0.29, 0.717) is 44.3 Å². The highest BCUT2D eigenvalue weighted by Crippen LogP contribution is 2.31. The zero-order chi connectivity index (χ0) is 18.9. The Hall–Kier alpha value is -2.21. The molecule has 26 heavy (non-hydrogen) atoms. The molecule has 5 nitrogen and oxygen atoms in total. The molecular weight excluding hydrogens is 352 g/mol. The predicted octanol–water partition coefficient (Wildman–Crippen LogP) is 2.69. The highest BCUT2D eigenvalue weighted by molar-refractivity contribution is 5.94. The summed E-state index contributed by atoms with van der Waals surface area (Å²) in [5, 5.41) is 8.68. The number of hydrogen-bond acceptors (Lipinski definition) is 4. The Morgan fingerprint density at radius 3 is 2.54 bits per heavy atom. The molecule has 2 saturated heterocycles. The number of hydrogen-bond donors (Lipinski definition) is 0. The summed E-state index contributed by atoms with van der Waals surface area (Å²) >= 11 is 0. The minimum atomic E-state index is -4.94. The van der Waals surface area contributed by atoms with Gasteiger partial charge in [-0.05, 0) is 24.8 Å². The second kappa shape index (κ2) is 7.19. The largest absolute Gasteiger partial charge is 0.436 e. The molecule has 9 heteroatoms. The maximum atomic E-state index is 14.1. The summed E-state index contributed by atoms with van der Waals surface area (Å²) in [4.78, 5) is 19.1. The van der Waals surface area contributed by atoms with Gasteiger partial charge in [0.15, 0.2) is 11.5 Å². The molecule has 0 N–H and O–H groups in total. The zero-order valence-corrected chi connectivity index (χ0v) is 14.0. The van der Waals surface area contributed by atoms with E-state index >= 15 is 0 Å². The molecule has 1 aromatic rings. The molecule has 3 heterocycles. The van der Waals surface area contributed by atoms with Crippen LogP contribution in [0.3, 0.4) is 0 Å². The molecule has 3 rings (SSSR count). The predicted molar refractivity (Wildman–Crippen MR) is 83.4 cm³/mol. The smallest absolute Gasteiger partial charge is 0.338 e. The second-order valence-corrected chi connectivity index (χ2v) is 6.72. The Balaban J connectivity index is 1.60. The van der Waals surface area contributed by atoms with E-state index in [9.17, 15) is 22.4 Å². The highest BCUT2D eigenvalue weighted by atomic mass is 19.4. The first kappa shape index (κ1) is 18.6. The van der Waals surface area contributed by atoms with Crippen molar-refractivity contribution in [3.05, 3.63) is 29.3 Å². The number of nitriles is 1. The fraction of sp³-hybridized carbons (Fsp3) is 0.588. The van der Waals surface area contributed by atoms with Crippen LogP contribution in [0.4, 0.5) is 17.6 Å². The van der Waals surface area contributed by atoms with Gasteiger partial charge in [-0.3, -0.25) is 9.69 Å². The fourth-order valence-corrected chi connectivity index (χ4v) is 3.58. The molecule has 0 bridgehead atoms. The first-order chi connectivity index (χ1) is 12.3. The van der Waals surface area contributed by atoms with Crippen LogP contribution in [0.25, 0.3) is 0 Å².